The van der Waals surface area contributed by atoms with E-state index in [9.17, 15) is 4.39 Å². The maximum atomic E-state index is 13.2. The summed E-state index contributed by atoms with van der Waals surface area (Å²) in [7, 11) is 0. The van der Waals surface area contributed by atoms with Gasteiger partial charge in [0.2, 0.25) is 0 Å². The van der Waals surface area contributed by atoms with Gasteiger partial charge in [-0.15, -0.1) is 0 Å². The van der Waals surface area contributed by atoms with Crippen LogP contribution in [-0.4, -0.2) is 18.9 Å². The topological polar surface area (TPSA) is 24.4 Å². The second-order valence-electron chi connectivity index (χ2n) is 4.25. The minimum atomic E-state index is -0.155. The van der Waals surface area contributed by atoms with E-state index in [-0.39, 0.29) is 11.2 Å². The molecule has 78 valence electrons. The number of hydrogen-bond donors (Lipinski definition) is 1. The predicted octanol–water partition coefficient (Wildman–Crippen LogP) is 1.86. The molecule has 15 heavy (non-hydrogen) atoms. The van der Waals surface area contributed by atoms with Crippen LogP contribution < -0.4 is 5.32 Å². The van der Waals surface area contributed by atoms with E-state index in [2.05, 4.69) is 10.3 Å². The van der Waals surface area contributed by atoms with Crippen LogP contribution in [0, 0.1) is 5.82 Å². The molecule has 3 rings (SSSR count). The Morgan fingerprint density at radius 1 is 1.33 bits per heavy atom. The first-order valence-electron chi connectivity index (χ1n) is 5.36. The zero-order valence-electron chi connectivity index (χ0n) is 8.46. The normalized spacial score (nSPS) is 22.1. The Hall–Kier alpha value is -1.38. The molecule has 1 heterocycles. The van der Waals surface area contributed by atoms with Crippen molar-refractivity contribution < 1.29 is 4.39 Å². The standard InChI is InChI=1S/C12H13FN2/c13-10-3-1-2-9(8-10)12(4-5-12)11-14-6-7-15-11/h1-3,8H,4-7H2,(H,14,15). The molecule has 0 radical (unpaired) electrons. The van der Waals surface area contributed by atoms with E-state index in [4.69, 9.17) is 0 Å². The molecular formula is C12H13FN2. The summed E-state index contributed by atoms with van der Waals surface area (Å²) in [5, 5.41) is 3.30. The van der Waals surface area contributed by atoms with Gasteiger partial charge in [-0.05, 0) is 30.5 Å². The van der Waals surface area contributed by atoms with Gasteiger partial charge in [-0.25, -0.2) is 4.39 Å². The summed E-state index contributed by atoms with van der Waals surface area (Å²) >= 11 is 0. The third-order valence-corrected chi connectivity index (χ3v) is 3.25. The highest BCUT2D eigenvalue weighted by Crippen LogP contribution is 2.49. The summed E-state index contributed by atoms with van der Waals surface area (Å²) in [6.07, 6.45) is 2.17. The molecule has 0 atom stereocenters. The lowest BCUT2D eigenvalue weighted by atomic mass is 9.94. The third-order valence-electron chi connectivity index (χ3n) is 3.25. The molecule has 2 aliphatic rings. The molecule has 0 bridgehead atoms. The van der Waals surface area contributed by atoms with Crippen molar-refractivity contribution >= 4 is 5.84 Å². The summed E-state index contributed by atoms with van der Waals surface area (Å²) in [6.45, 7) is 1.78. The lowest BCUT2D eigenvalue weighted by Crippen LogP contribution is -2.31. The van der Waals surface area contributed by atoms with E-state index >= 15 is 0 Å². The summed E-state index contributed by atoms with van der Waals surface area (Å²) in [4.78, 5) is 4.46. The van der Waals surface area contributed by atoms with E-state index in [0.717, 1.165) is 37.3 Å². The van der Waals surface area contributed by atoms with Crippen LogP contribution in [0.15, 0.2) is 29.3 Å². The van der Waals surface area contributed by atoms with Gasteiger partial charge in [0.05, 0.1) is 12.0 Å². The molecule has 0 spiro atoms. The van der Waals surface area contributed by atoms with Crippen LogP contribution in [0.3, 0.4) is 0 Å². The maximum absolute atomic E-state index is 13.2. The Kier molecular flexibility index (Phi) is 1.81. The SMILES string of the molecule is Fc1cccc(C2(C3=NCCN3)CC2)c1. The van der Waals surface area contributed by atoms with Gasteiger partial charge in [0.15, 0.2) is 0 Å². The molecule has 3 heteroatoms. The largest absolute Gasteiger partial charge is 0.371 e. The van der Waals surface area contributed by atoms with Crippen molar-refractivity contribution in [1.82, 2.24) is 5.32 Å². The summed E-state index contributed by atoms with van der Waals surface area (Å²) in [6, 6.07) is 6.90. The quantitative estimate of drug-likeness (QED) is 0.781. The summed E-state index contributed by atoms with van der Waals surface area (Å²) in [5.74, 6) is 0.908. The number of nitrogens with one attached hydrogen (secondary N) is 1. The van der Waals surface area contributed by atoms with Crippen molar-refractivity contribution in [3.63, 3.8) is 0 Å². The average Bonchev–Trinajstić information content (AvgIpc) is 2.87. The van der Waals surface area contributed by atoms with E-state index in [1.165, 1.54) is 6.07 Å². The second-order valence-corrected chi connectivity index (χ2v) is 4.25. The lowest BCUT2D eigenvalue weighted by Gasteiger charge is -2.16. The van der Waals surface area contributed by atoms with Crippen LogP contribution in [0.5, 0.6) is 0 Å². The fraction of sp³-hybridized carbons (Fsp3) is 0.417. The molecule has 1 aromatic rings. The molecule has 0 saturated heterocycles. The lowest BCUT2D eigenvalue weighted by molar-refractivity contribution is 0.624. The van der Waals surface area contributed by atoms with Crippen LogP contribution in [0.2, 0.25) is 0 Å². The van der Waals surface area contributed by atoms with Crippen molar-refractivity contribution in [3.8, 4) is 0 Å². The smallest absolute Gasteiger partial charge is 0.123 e. The number of benzene rings is 1. The molecule has 0 aromatic heterocycles. The van der Waals surface area contributed by atoms with E-state index in [0.29, 0.717) is 0 Å². The van der Waals surface area contributed by atoms with Crippen LogP contribution in [0.4, 0.5) is 4.39 Å². The van der Waals surface area contributed by atoms with Crippen molar-refractivity contribution in [2.75, 3.05) is 13.1 Å². The number of rotatable bonds is 2. The molecule has 1 fully saturated rings. The van der Waals surface area contributed by atoms with Crippen LogP contribution in [0.25, 0.3) is 0 Å². The van der Waals surface area contributed by atoms with Crippen LogP contribution in [0.1, 0.15) is 18.4 Å². The van der Waals surface area contributed by atoms with Crippen molar-refractivity contribution in [1.29, 1.82) is 0 Å². The Morgan fingerprint density at radius 3 is 2.80 bits per heavy atom. The molecule has 1 aromatic carbocycles. The highest BCUT2D eigenvalue weighted by Gasteiger charge is 2.49. The molecule has 1 aliphatic heterocycles. The molecule has 1 saturated carbocycles. The number of amidine groups is 1. The van der Waals surface area contributed by atoms with Crippen molar-refractivity contribution in [3.05, 3.63) is 35.6 Å². The number of nitrogens with zero attached hydrogens (tertiary/aromatic N) is 1. The Bertz CT molecular complexity index is 421. The average molecular weight is 204 g/mol. The summed E-state index contributed by atoms with van der Waals surface area (Å²) < 4.78 is 13.2. The molecular weight excluding hydrogens is 191 g/mol. The zero-order chi connectivity index (χ0) is 10.3. The predicted molar refractivity (Wildman–Crippen MR) is 57.6 cm³/mol. The van der Waals surface area contributed by atoms with Crippen molar-refractivity contribution in [2.45, 2.75) is 18.3 Å². The molecule has 0 amide bonds. The van der Waals surface area contributed by atoms with Crippen molar-refractivity contribution in [2.24, 2.45) is 4.99 Å². The first-order chi connectivity index (χ1) is 7.31. The summed E-state index contributed by atoms with van der Waals surface area (Å²) in [5.41, 5.74) is 1.08. The molecule has 2 nitrogen and oxygen atoms in total. The van der Waals surface area contributed by atoms with Gasteiger partial charge in [-0.3, -0.25) is 4.99 Å². The van der Waals surface area contributed by atoms with Crippen LogP contribution in [-0.2, 0) is 5.41 Å². The monoisotopic (exact) mass is 204 g/mol. The van der Waals surface area contributed by atoms with Gasteiger partial charge in [0.25, 0.3) is 0 Å². The first-order valence-corrected chi connectivity index (χ1v) is 5.36. The van der Waals surface area contributed by atoms with Gasteiger partial charge in [-0.1, -0.05) is 12.1 Å². The Morgan fingerprint density at radius 2 is 2.20 bits per heavy atom. The van der Waals surface area contributed by atoms with Crippen LogP contribution >= 0.6 is 0 Å². The van der Waals surface area contributed by atoms with Gasteiger partial charge in [0.1, 0.15) is 11.7 Å². The minimum absolute atomic E-state index is 0.0125. The highest BCUT2D eigenvalue weighted by atomic mass is 19.1. The number of aliphatic imine (C=N–C) groups is 1. The first kappa shape index (κ1) is 8.89. The van der Waals surface area contributed by atoms with Gasteiger partial charge < -0.3 is 5.32 Å². The maximum Gasteiger partial charge on any atom is 0.123 e. The second kappa shape index (κ2) is 3.05. The third kappa shape index (κ3) is 1.34. The molecule has 0 unspecified atom stereocenters. The highest BCUT2D eigenvalue weighted by molar-refractivity contribution is 5.96. The number of hydrogen-bond acceptors (Lipinski definition) is 2. The van der Waals surface area contributed by atoms with Gasteiger partial charge >= 0.3 is 0 Å². The van der Waals surface area contributed by atoms with E-state index in [1.54, 1.807) is 12.1 Å². The number of halogens is 1. The fourth-order valence-corrected chi connectivity index (χ4v) is 2.29. The van der Waals surface area contributed by atoms with Gasteiger partial charge in [0, 0.05) is 6.54 Å². The zero-order valence-corrected chi connectivity index (χ0v) is 8.46. The Balaban J connectivity index is 1.99. The van der Waals surface area contributed by atoms with E-state index in [1.807, 2.05) is 6.07 Å². The Labute approximate surface area is 88.2 Å². The fourth-order valence-electron chi connectivity index (χ4n) is 2.29. The van der Waals surface area contributed by atoms with E-state index < -0.39 is 0 Å². The minimum Gasteiger partial charge on any atom is -0.371 e. The van der Waals surface area contributed by atoms with Gasteiger partial charge in [-0.2, -0.15) is 0 Å². The molecule has 1 aliphatic carbocycles. The molecule has 1 N–H and O–H groups in total.